The number of fused-ring (bicyclic) bond motifs is 1. The second-order valence-corrected chi connectivity index (χ2v) is 10.7. The highest BCUT2D eigenvalue weighted by molar-refractivity contribution is 5.94. The zero-order valence-corrected chi connectivity index (χ0v) is 22.7. The van der Waals surface area contributed by atoms with Crippen molar-refractivity contribution in [3.63, 3.8) is 0 Å². The van der Waals surface area contributed by atoms with Crippen molar-refractivity contribution in [2.75, 3.05) is 18.6 Å². The molecule has 1 unspecified atom stereocenters. The van der Waals surface area contributed by atoms with Crippen LogP contribution in [0.2, 0.25) is 0 Å². The number of allylic oxidation sites excluding steroid dienone is 2. The summed E-state index contributed by atoms with van der Waals surface area (Å²) in [6.45, 7) is 11.9. The molecule has 1 aliphatic rings. The maximum Gasteiger partial charge on any atom is 0.271 e. The number of nitrogens with zero attached hydrogens (tertiary/aromatic N) is 2. The third-order valence-corrected chi connectivity index (χ3v) is 7.15. The lowest BCUT2D eigenvalue weighted by molar-refractivity contribution is 0.0955. The molecule has 5 heteroatoms. The SMILES string of the molecule is CCN1/C(=C\C=N\NC(=O)c2ccccc2)C(C)(Cc2ccc(C(C)(C)C)cc2)c2cc(OC)ccc21. The first-order valence-corrected chi connectivity index (χ1v) is 12.8. The average molecular weight is 496 g/mol. The summed E-state index contributed by atoms with van der Waals surface area (Å²) >= 11 is 0. The van der Waals surface area contributed by atoms with E-state index >= 15 is 0 Å². The molecule has 192 valence electrons. The van der Waals surface area contributed by atoms with Gasteiger partial charge in [-0.15, -0.1) is 0 Å². The maximum atomic E-state index is 12.4. The van der Waals surface area contributed by atoms with Gasteiger partial charge in [0.2, 0.25) is 0 Å². The fourth-order valence-corrected chi connectivity index (χ4v) is 5.07. The van der Waals surface area contributed by atoms with E-state index in [1.807, 2.05) is 30.3 Å². The number of benzene rings is 3. The Kier molecular flexibility index (Phi) is 7.53. The molecule has 0 aromatic heterocycles. The molecule has 1 aliphatic heterocycles. The largest absolute Gasteiger partial charge is 0.497 e. The van der Waals surface area contributed by atoms with Crippen LogP contribution in [0.3, 0.4) is 0 Å². The fraction of sp³-hybridized carbons (Fsp3) is 0.312. The van der Waals surface area contributed by atoms with Crippen molar-refractivity contribution in [3.05, 3.63) is 107 Å². The van der Waals surface area contributed by atoms with Gasteiger partial charge in [-0.3, -0.25) is 4.79 Å². The third-order valence-electron chi connectivity index (χ3n) is 7.15. The average Bonchev–Trinajstić information content (AvgIpc) is 3.13. The minimum Gasteiger partial charge on any atom is -0.497 e. The van der Waals surface area contributed by atoms with Gasteiger partial charge in [-0.2, -0.15) is 5.10 Å². The van der Waals surface area contributed by atoms with Crippen LogP contribution >= 0.6 is 0 Å². The van der Waals surface area contributed by atoms with E-state index in [1.54, 1.807) is 25.5 Å². The summed E-state index contributed by atoms with van der Waals surface area (Å²) in [5.41, 5.74) is 9.14. The van der Waals surface area contributed by atoms with E-state index in [4.69, 9.17) is 4.74 Å². The lowest BCUT2D eigenvalue weighted by atomic mass is 9.76. The molecule has 5 nitrogen and oxygen atoms in total. The summed E-state index contributed by atoms with van der Waals surface area (Å²) in [4.78, 5) is 14.7. The molecular weight excluding hydrogens is 458 g/mol. The number of carbonyl (C=O) groups is 1. The van der Waals surface area contributed by atoms with Gasteiger partial charge in [0, 0.05) is 35.1 Å². The van der Waals surface area contributed by atoms with Gasteiger partial charge in [-0.05, 0) is 78.8 Å². The molecule has 0 saturated carbocycles. The van der Waals surface area contributed by atoms with E-state index in [0.29, 0.717) is 5.56 Å². The third kappa shape index (κ3) is 5.46. The highest BCUT2D eigenvalue weighted by Crippen LogP contribution is 2.50. The molecule has 0 fully saturated rings. The molecule has 0 spiro atoms. The Labute approximate surface area is 220 Å². The quantitative estimate of drug-likeness (QED) is 0.296. The van der Waals surface area contributed by atoms with Gasteiger partial charge in [0.15, 0.2) is 0 Å². The standard InChI is InChI=1S/C32H37N3O2/c1-7-35-28-18-17-26(37-6)21-27(28)32(5,22-23-13-15-25(16-14-23)31(2,3)4)29(35)19-20-33-34-30(36)24-11-9-8-10-12-24/h8-21H,7,22H2,1-6H3,(H,34,36)/b29-19-,33-20+. The molecular formula is C32H37N3O2. The van der Waals surface area contributed by atoms with Crippen molar-refractivity contribution in [1.82, 2.24) is 5.43 Å². The van der Waals surface area contributed by atoms with Crippen LogP contribution in [0.15, 0.2) is 89.7 Å². The number of ether oxygens (including phenoxy) is 1. The molecule has 0 saturated heterocycles. The molecule has 0 radical (unpaired) electrons. The number of hydrogen-bond acceptors (Lipinski definition) is 4. The highest BCUT2D eigenvalue weighted by Gasteiger charge is 2.43. The van der Waals surface area contributed by atoms with E-state index in [9.17, 15) is 4.79 Å². The summed E-state index contributed by atoms with van der Waals surface area (Å²) in [5.74, 6) is 0.609. The Morgan fingerprint density at radius 2 is 1.76 bits per heavy atom. The predicted molar refractivity (Wildman–Crippen MR) is 153 cm³/mol. The molecule has 4 rings (SSSR count). The zero-order chi connectivity index (χ0) is 26.6. The van der Waals surface area contributed by atoms with Crippen molar-refractivity contribution >= 4 is 17.8 Å². The van der Waals surface area contributed by atoms with Gasteiger partial charge in [-0.1, -0.05) is 63.2 Å². The summed E-state index contributed by atoms with van der Waals surface area (Å²) in [6.07, 6.45) is 4.53. The molecule has 1 amide bonds. The molecule has 1 heterocycles. The number of hydrogen-bond donors (Lipinski definition) is 1. The minimum atomic E-state index is -0.307. The highest BCUT2D eigenvalue weighted by atomic mass is 16.5. The molecule has 37 heavy (non-hydrogen) atoms. The van der Waals surface area contributed by atoms with Crippen LogP contribution in [0.1, 0.15) is 61.7 Å². The van der Waals surface area contributed by atoms with Crippen LogP contribution in [-0.2, 0) is 17.3 Å². The Balaban J connectivity index is 1.69. The molecule has 1 atom stereocenters. The zero-order valence-electron chi connectivity index (χ0n) is 22.7. The molecule has 3 aromatic carbocycles. The predicted octanol–water partition coefficient (Wildman–Crippen LogP) is 6.63. The summed E-state index contributed by atoms with van der Waals surface area (Å²) in [5, 5.41) is 4.24. The normalized spacial score (nSPS) is 18.3. The second-order valence-electron chi connectivity index (χ2n) is 10.7. The topological polar surface area (TPSA) is 53.9 Å². The number of anilines is 1. The van der Waals surface area contributed by atoms with Gasteiger partial charge >= 0.3 is 0 Å². The van der Waals surface area contributed by atoms with Crippen LogP contribution in [0.4, 0.5) is 5.69 Å². The van der Waals surface area contributed by atoms with Gasteiger partial charge in [-0.25, -0.2) is 5.43 Å². The minimum absolute atomic E-state index is 0.112. The van der Waals surface area contributed by atoms with E-state index in [1.165, 1.54) is 22.4 Å². The van der Waals surface area contributed by atoms with Crippen LogP contribution in [-0.4, -0.2) is 25.8 Å². The summed E-state index contributed by atoms with van der Waals surface area (Å²) < 4.78 is 5.60. The Morgan fingerprint density at radius 1 is 1.05 bits per heavy atom. The summed E-state index contributed by atoms with van der Waals surface area (Å²) in [7, 11) is 1.70. The van der Waals surface area contributed by atoms with Crippen LogP contribution < -0.4 is 15.1 Å². The van der Waals surface area contributed by atoms with Gasteiger partial charge in [0.25, 0.3) is 5.91 Å². The number of hydrazone groups is 1. The van der Waals surface area contributed by atoms with Crippen molar-refractivity contribution < 1.29 is 9.53 Å². The van der Waals surface area contributed by atoms with Gasteiger partial charge in [0.1, 0.15) is 5.75 Å². The van der Waals surface area contributed by atoms with E-state index < -0.39 is 0 Å². The van der Waals surface area contributed by atoms with Crippen LogP contribution in [0.5, 0.6) is 5.75 Å². The van der Waals surface area contributed by atoms with Crippen LogP contribution in [0, 0.1) is 0 Å². The van der Waals surface area contributed by atoms with Crippen molar-refractivity contribution in [2.24, 2.45) is 5.10 Å². The Hall–Kier alpha value is -3.86. The number of rotatable bonds is 7. The fourth-order valence-electron chi connectivity index (χ4n) is 5.07. The smallest absolute Gasteiger partial charge is 0.271 e. The first-order valence-electron chi connectivity index (χ1n) is 12.8. The second kappa shape index (κ2) is 10.6. The van der Waals surface area contributed by atoms with E-state index in [0.717, 1.165) is 24.4 Å². The van der Waals surface area contributed by atoms with Crippen molar-refractivity contribution in [2.45, 2.75) is 51.9 Å². The van der Waals surface area contributed by atoms with E-state index in [2.05, 4.69) is 86.4 Å². The first-order chi connectivity index (χ1) is 17.7. The molecule has 0 aliphatic carbocycles. The number of amides is 1. The Bertz CT molecular complexity index is 1300. The van der Waals surface area contributed by atoms with Crippen LogP contribution in [0.25, 0.3) is 0 Å². The van der Waals surface area contributed by atoms with Gasteiger partial charge in [0.05, 0.1) is 7.11 Å². The number of carbonyl (C=O) groups excluding carboxylic acids is 1. The lowest BCUT2D eigenvalue weighted by Gasteiger charge is -2.30. The molecule has 3 aromatic rings. The maximum absolute atomic E-state index is 12.4. The molecule has 1 N–H and O–H groups in total. The number of likely N-dealkylation sites (N-methyl/N-ethyl adjacent to an activating group) is 1. The Morgan fingerprint density at radius 3 is 2.38 bits per heavy atom. The number of methoxy groups -OCH3 is 1. The van der Waals surface area contributed by atoms with E-state index in [-0.39, 0.29) is 16.7 Å². The first kappa shape index (κ1) is 26.2. The van der Waals surface area contributed by atoms with Gasteiger partial charge < -0.3 is 9.64 Å². The number of nitrogens with one attached hydrogen (secondary N) is 1. The van der Waals surface area contributed by atoms with Crippen molar-refractivity contribution in [1.29, 1.82) is 0 Å². The monoisotopic (exact) mass is 495 g/mol. The lowest BCUT2D eigenvalue weighted by Crippen LogP contribution is -2.31. The summed E-state index contributed by atoms with van der Waals surface area (Å²) in [6, 6.07) is 24.3. The van der Waals surface area contributed by atoms with Crippen molar-refractivity contribution in [3.8, 4) is 5.75 Å². The molecule has 0 bridgehead atoms.